The van der Waals surface area contributed by atoms with Crippen molar-refractivity contribution in [2.45, 2.75) is 6.92 Å². The summed E-state index contributed by atoms with van der Waals surface area (Å²) in [6.07, 6.45) is 0. The van der Waals surface area contributed by atoms with Gasteiger partial charge in [-0.25, -0.2) is 4.79 Å². The van der Waals surface area contributed by atoms with Crippen LogP contribution in [0.15, 0.2) is 36.4 Å². The minimum atomic E-state index is -0.642. The van der Waals surface area contributed by atoms with E-state index in [9.17, 15) is 14.4 Å². The van der Waals surface area contributed by atoms with Crippen LogP contribution in [0.4, 0.5) is 5.69 Å². The maximum absolute atomic E-state index is 12.5. The summed E-state index contributed by atoms with van der Waals surface area (Å²) in [5.41, 5.74) is 0.616. The lowest BCUT2D eigenvalue weighted by Gasteiger charge is -2.14. The van der Waals surface area contributed by atoms with Gasteiger partial charge in [0, 0.05) is 24.6 Å². The molecule has 2 aromatic carbocycles. The Morgan fingerprint density at radius 3 is 2.00 bits per heavy atom. The van der Waals surface area contributed by atoms with Crippen molar-refractivity contribution in [3.63, 3.8) is 0 Å². The molecule has 0 unspecified atom stereocenters. The van der Waals surface area contributed by atoms with Gasteiger partial charge in [-0.1, -0.05) is 0 Å². The normalized spacial score (nSPS) is 9.93. The molecule has 8 heteroatoms. The van der Waals surface area contributed by atoms with Crippen LogP contribution in [0.5, 0.6) is 17.2 Å². The van der Waals surface area contributed by atoms with E-state index in [2.05, 4.69) is 5.32 Å². The average Bonchev–Trinajstić information content (AvgIpc) is 2.66. The molecule has 0 saturated carbocycles. The number of benzene rings is 2. The van der Waals surface area contributed by atoms with Crippen LogP contribution in [0, 0.1) is 0 Å². The molecule has 2 aromatic rings. The van der Waals surface area contributed by atoms with E-state index in [0.717, 1.165) is 0 Å². The van der Waals surface area contributed by atoms with Gasteiger partial charge in [0.1, 0.15) is 5.75 Å². The number of amides is 1. The summed E-state index contributed by atoms with van der Waals surface area (Å²) in [5.74, 6) is -0.592. The third kappa shape index (κ3) is 4.75. The van der Waals surface area contributed by atoms with Gasteiger partial charge in [0.05, 0.1) is 32.6 Å². The van der Waals surface area contributed by atoms with Crippen LogP contribution in [0.25, 0.3) is 0 Å². The fourth-order valence-electron chi connectivity index (χ4n) is 2.30. The van der Waals surface area contributed by atoms with Crippen LogP contribution >= 0.6 is 0 Å². The molecule has 2 rings (SSSR count). The quantitative estimate of drug-likeness (QED) is 0.614. The van der Waals surface area contributed by atoms with Gasteiger partial charge >= 0.3 is 11.9 Å². The highest BCUT2D eigenvalue weighted by Crippen LogP contribution is 2.34. The van der Waals surface area contributed by atoms with Gasteiger partial charge in [0.15, 0.2) is 11.5 Å². The third-order valence-corrected chi connectivity index (χ3v) is 3.56. The van der Waals surface area contributed by atoms with E-state index in [4.69, 9.17) is 18.9 Å². The minimum absolute atomic E-state index is 0.111. The SMILES string of the molecule is COC(=O)c1cc(OC)c(OC)cc1NC(=O)c1ccc(OC(C)=O)cc1. The van der Waals surface area contributed by atoms with Crippen molar-refractivity contribution in [3.05, 3.63) is 47.5 Å². The van der Waals surface area contributed by atoms with Gasteiger partial charge in [0.2, 0.25) is 0 Å². The van der Waals surface area contributed by atoms with Crippen molar-refractivity contribution in [1.82, 2.24) is 0 Å². The lowest BCUT2D eigenvalue weighted by Crippen LogP contribution is -2.16. The molecule has 8 nitrogen and oxygen atoms in total. The number of anilines is 1. The van der Waals surface area contributed by atoms with Gasteiger partial charge in [-0.3, -0.25) is 9.59 Å². The number of hydrogen-bond donors (Lipinski definition) is 1. The van der Waals surface area contributed by atoms with Crippen LogP contribution in [-0.4, -0.2) is 39.2 Å². The fourth-order valence-corrected chi connectivity index (χ4v) is 2.30. The second-order valence-corrected chi connectivity index (χ2v) is 5.32. The first kappa shape index (κ1) is 19.8. The van der Waals surface area contributed by atoms with Crippen LogP contribution < -0.4 is 19.5 Å². The Bertz CT molecular complexity index is 859. The molecular weight excluding hydrogens is 354 g/mol. The molecule has 142 valence electrons. The van der Waals surface area contributed by atoms with Crippen molar-refractivity contribution in [3.8, 4) is 17.2 Å². The molecule has 0 aliphatic heterocycles. The Hall–Kier alpha value is -3.55. The summed E-state index contributed by atoms with van der Waals surface area (Å²) < 4.78 is 20.1. The number of ether oxygens (including phenoxy) is 4. The standard InChI is InChI=1S/C19H19NO7/c1-11(21)27-13-7-5-12(6-8-13)18(22)20-15-10-17(25-3)16(24-2)9-14(15)19(23)26-4/h5-10H,1-4H3,(H,20,22). The molecule has 0 aliphatic rings. The van der Waals surface area contributed by atoms with Gasteiger partial charge in [0.25, 0.3) is 5.91 Å². The lowest BCUT2D eigenvalue weighted by atomic mass is 10.1. The number of rotatable bonds is 6. The van der Waals surface area contributed by atoms with E-state index in [1.54, 1.807) is 0 Å². The van der Waals surface area contributed by atoms with Crippen LogP contribution in [0.1, 0.15) is 27.6 Å². The fraction of sp³-hybridized carbons (Fsp3) is 0.211. The topological polar surface area (TPSA) is 100 Å². The molecule has 0 atom stereocenters. The van der Waals surface area contributed by atoms with Crippen molar-refractivity contribution in [2.24, 2.45) is 0 Å². The first-order valence-electron chi connectivity index (χ1n) is 7.83. The Kier molecular flexibility index (Phi) is 6.37. The largest absolute Gasteiger partial charge is 0.493 e. The predicted octanol–water partition coefficient (Wildman–Crippen LogP) is 2.67. The van der Waals surface area contributed by atoms with E-state index in [-0.39, 0.29) is 11.3 Å². The number of nitrogens with one attached hydrogen (secondary N) is 1. The maximum Gasteiger partial charge on any atom is 0.340 e. The van der Waals surface area contributed by atoms with E-state index in [1.165, 1.54) is 64.7 Å². The monoisotopic (exact) mass is 373 g/mol. The highest BCUT2D eigenvalue weighted by molar-refractivity contribution is 6.08. The third-order valence-electron chi connectivity index (χ3n) is 3.56. The number of hydrogen-bond acceptors (Lipinski definition) is 7. The van der Waals surface area contributed by atoms with Crippen LogP contribution in [0.2, 0.25) is 0 Å². The number of carbonyl (C=O) groups excluding carboxylic acids is 3. The molecule has 0 aliphatic carbocycles. The minimum Gasteiger partial charge on any atom is -0.493 e. The van der Waals surface area contributed by atoms with E-state index in [1.807, 2.05) is 0 Å². The van der Waals surface area contributed by atoms with E-state index < -0.39 is 17.8 Å². The first-order chi connectivity index (χ1) is 12.9. The molecular formula is C19H19NO7. The zero-order valence-corrected chi connectivity index (χ0v) is 15.3. The molecule has 0 fully saturated rings. The number of methoxy groups -OCH3 is 3. The zero-order chi connectivity index (χ0) is 20.0. The molecule has 0 aromatic heterocycles. The average molecular weight is 373 g/mol. The van der Waals surface area contributed by atoms with Crippen molar-refractivity contribution in [2.75, 3.05) is 26.6 Å². The molecule has 0 heterocycles. The highest BCUT2D eigenvalue weighted by atomic mass is 16.5. The van der Waals surface area contributed by atoms with E-state index >= 15 is 0 Å². The Morgan fingerprint density at radius 2 is 1.48 bits per heavy atom. The summed E-state index contributed by atoms with van der Waals surface area (Å²) in [7, 11) is 4.11. The molecule has 1 amide bonds. The second-order valence-electron chi connectivity index (χ2n) is 5.32. The lowest BCUT2D eigenvalue weighted by molar-refractivity contribution is -0.131. The van der Waals surface area contributed by atoms with Crippen molar-refractivity contribution >= 4 is 23.5 Å². The number of carbonyl (C=O) groups is 3. The zero-order valence-electron chi connectivity index (χ0n) is 15.3. The molecule has 27 heavy (non-hydrogen) atoms. The van der Waals surface area contributed by atoms with E-state index in [0.29, 0.717) is 22.8 Å². The Labute approximate surface area is 156 Å². The number of esters is 2. The first-order valence-corrected chi connectivity index (χ1v) is 7.83. The van der Waals surface area contributed by atoms with Gasteiger partial charge in [-0.2, -0.15) is 0 Å². The summed E-state index contributed by atoms with van der Waals surface area (Å²) in [4.78, 5) is 35.5. The smallest absolute Gasteiger partial charge is 0.340 e. The molecule has 0 bridgehead atoms. The molecule has 1 N–H and O–H groups in total. The molecule has 0 spiro atoms. The summed E-state index contributed by atoms with van der Waals surface area (Å²) >= 11 is 0. The summed E-state index contributed by atoms with van der Waals surface area (Å²) in [5, 5.41) is 2.65. The Balaban J connectivity index is 2.33. The predicted molar refractivity (Wildman–Crippen MR) is 96.6 cm³/mol. The van der Waals surface area contributed by atoms with Gasteiger partial charge in [-0.05, 0) is 24.3 Å². The van der Waals surface area contributed by atoms with Crippen LogP contribution in [0.3, 0.4) is 0 Å². The maximum atomic E-state index is 12.5. The molecule has 0 saturated heterocycles. The van der Waals surface area contributed by atoms with Crippen molar-refractivity contribution in [1.29, 1.82) is 0 Å². The van der Waals surface area contributed by atoms with Crippen LogP contribution in [-0.2, 0) is 9.53 Å². The van der Waals surface area contributed by atoms with Crippen molar-refractivity contribution < 1.29 is 33.3 Å². The highest BCUT2D eigenvalue weighted by Gasteiger charge is 2.19. The summed E-state index contributed by atoms with van der Waals surface area (Å²) in [6, 6.07) is 8.86. The Morgan fingerprint density at radius 1 is 0.889 bits per heavy atom. The van der Waals surface area contributed by atoms with Gasteiger partial charge < -0.3 is 24.3 Å². The molecule has 0 radical (unpaired) electrons. The van der Waals surface area contributed by atoms with Gasteiger partial charge in [-0.15, -0.1) is 0 Å². The summed E-state index contributed by atoms with van der Waals surface area (Å²) in [6.45, 7) is 1.28. The second kappa shape index (κ2) is 8.70.